The Hall–Kier alpha value is -1.74. The SMILES string of the molecule is COC(=O)c1cccn1-c1cccc(Cl)c1. The van der Waals surface area contributed by atoms with Gasteiger partial charge in [0.15, 0.2) is 0 Å². The minimum Gasteiger partial charge on any atom is -0.464 e. The summed E-state index contributed by atoms with van der Waals surface area (Å²) < 4.78 is 6.43. The van der Waals surface area contributed by atoms with Gasteiger partial charge in [0, 0.05) is 16.9 Å². The number of nitrogens with zero attached hydrogens (tertiary/aromatic N) is 1. The van der Waals surface area contributed by atoms with Gasteiger partial charge in [-0.3, -0.25) is 0 Å². The van der Waals surface area contributed by atoms with Crippen molar-refractivity contribution in [3.8, 4) is 5.69 Å². The molecule has 0 saturated heterocycles. The van der Waals surface area contributed by atoms with Crippen LogP contribution in [-0.4, -0.2) is 17.6 Å². The molecular weight excluding hydrogens is 226 g/mol. The van der Waals surface area contributed by atoms with Crippen molar-refractivity contribution in [3.05, 3.63) is 53.3 Å². The van der Waals surface area contributed by atoms with Gasteiger partial charge in [-0.15, -0.1) is 0 Å². The second-order valence-corrected chi connectivity index (χ2v) is 3.67. The first kappa shape index (κ1) is 10.8. The molecule has 2 rings (SSSR count). The van der Waals surface area contributed by atoms with Crippen LogP contribution < -0.4 is 0 Å². The van der Waals surface area contributed by atoms with E-state index in [2.05, 4.69) is 0 Å². The summed E-state index contributed by atoms with van der Waals surface area (Å²) in [4.78, 5) is 11.5. The number of hydrogen-bond donors (Lipinski definition) is 0. The van der Waals surface area contributed by atoms with E-state index in [4.69, 9.17) is 16.3 Å². The number of hydrogen-bond acceptors (Lipinski definition) is 2. The van der Waals surface area contributed by atoms with Crippen LogP contribution in [0, 0.1) is 0 Å². The standard InChI is InChI=1S/C12H10ClNO2/c1-16-12(15)11-6-3-7-14(11)10-5-2-4-9(13)8-10/h2-8H,1H3. The summed E-state index contributed by atoms with van der Waals surface area (Å²) in [5.41, 5.74) is 1.31. The molecule has 16 heavy (non-hydrogen) atoms. The van der Waals surface area contributed by atoms with Crippen LogP contribution in [0.3, 0.4) is 0 Å². The van der Waals surface area contributed by atoms with Gasteiger partial charge in [0.25, 0.3) is 0 Å². The predicted molar refractivity (Wildman–Crippen MR) is 62.1 cm³/mol. The van der Waals surface area contributed by atoms with E-state index < -0.39 is 0 Å². The predicted octanol–water partition coefficient (Wildman–Crippen LogP) is 2.92. The van der Waals surface area contributed by atoms with Gasteiger partial charge in [-0.25, -0.2) is 4.79 Å². The van der Waals surface area contributed by atoms with E-state index in [0.29, 0.717) is 10.7 Å². The summed E-state index contributed by atoms with van der Waals surface area (Å²) >= 11 is 5.90. The average molecular weight is 236 g/mol. The summed E-state index contributed by atoms with van der Waals surface area (Å²) in [5, 5.41) is 0.627. The minimum atomic E-state index is -0.370. The zero-order valence-electron chi connectivity index (χ0n) is 8.68. The average Bonchev–Trinajstić information content (AvgIpc) is 2.77. The Morgan fingerprint density at radius 2 is 2.12 bits per heavy atom. The molecule has 0 unspecified atom stereocenters. The molecule has 0 radical (unpaired) electrons. The van der Waals surface area contributed by atoms with Gasteiger partial charge in [-0.05, 0) is 30.3 Å². The lowest BCUT2D eigenvalue weighted by molar-refractivity contribution is 0.0591. The van der Waals surface area contributed by atoms with Crippen LogP contribution >= 0.6 is 11.6 Å². The fourth-order valence-corrected chi connectivity index (χ4v) is 1.69. The molecule has 0 aliphatic rings. The number of aromatic nitrogens is 1. The molecule has 3 nitrogen and oxygen atoms in total. The Bertz CT molecular complexity index is 519. The minimum absolute atomic E-state index is 0.370. The molecular formula is C12H10ClNO2. The Kier molecular flexibility index (Phi) is 2.97. The molecule has 1 heterocycles. The number of benzene rings is 1. The first-order valence-electron chi connectivity index (χ1n) is 4.74. The molecule has 0 fully saturated rings. The molecule has 0 N–H and O–H groups in total. The number of carbonyl (C=O) groups is 1. The highest BCUT2D eigenvalue weighted by atomic mass is 35.5. The number of ether oxygens (including phenoxy) is 1. The second kappa shape index (κ2) is 4.41. The zero-order valence-corrected chi connectivity index (χ0v) is 9.44. The molecule has 0 saturated carbocycles. The number of carbonyl (C=O) groups excluding carboxylic acids is 1. The maximum absolute atomic E-state index is 11.5. The normalized spacial score (nSPS) is 10.1. The third-order valence-corrected chi connectivity index (χ3v) is 2.46. The van der Waals surface area contributed by atoms with Gasteiger partial charge >= 0.3 is 5.97 Å². The van der Waals surface area contributed by atoms with Crippen molar-refractivity contribution in [2.24, 2.45) is 0 Å². The van der Waals surface area contributed by atoms with E-state index in [-0.39, 0.29) is 5.97 Å². The largest absolute Gasteiger partial charge is 0.464 e. The summed E-state index contributed by atoms with van der Waals surface area (Å²) in [7, 11) is 1.36. The van der Waals surface area contributed by atoms with Gasteiger partial charge in [0.2, 0.25) is 0 Å². The smallest absolute Gasteiger partial charge is 0.355 e. The van der Waals surface area contributed by atoms with Crippen LogP contribution in [0.4, 0.5) is 0 Å². The van der Waals surface area contributed by atoms with Crippen molar-refractivity contribution in [1.29, 1.82) is 0 Å². The molecule has 1 aromatic heterocycles. The molecule has 2 aromatic rings. The fraction of sp³-hybridized carbons (Fsp3) is 0.0833. The fourth-order valence-electron chi connectivity index (χ4n) is 1.50. The van der Waals surface area contributed by atoms with Gasteiger partial charge in [-0.2, -0.15) is 0 Å². The molecule has 0 bridgehead atoms. The van der Waals surface area contributed by atoms with E-state index in [1.165, 1.54) is 7.11 Å². The Morgan fingerprint density at radius 1 is 1.31 bits per heavy atom. The quantitative estimate of drug-likeness (QED) is 0.750. The molecule has 4 heteroatoms. The van der Waals surface area contributed by atoms with Crippen LogP contribution in [0.25, 0.3) is 5.69 Å². The molecule has 82 valence electrons. The van der Waals surface area contributed by atoms with Gasteiger partial charge in [0.1, 0.15) is 5.69 Å². The molecule has 0 amide bonds. The maximum atomic E-state index is 11.5. The number of rotatable bonds is 2. The second-order valence-electron chi connectivity index (χ2n) is 3.23. The van der Waals surface area contributed by atoms with Crippen molar-refractivity contribution in [3.63, 3.8) is 0 Å². The van der Waals surface area contributed by atoms with Crippen molar-refractivity contribution >= 4 is 17.6 Å². The first-order chi connectivity index (χ1) is 7.72. The van der Waals surface area contributed by atoms with Crippen LogP contribution in [0.5, 0.6) is 0 Å². The lowest BCUT2D eigenvalue weighted by atomic mass is 10.3. The molecule has 0 spiro atoms. The Morgan fingerprint density at radius 3 is 2.81 bits per heavy atom. The number of halogens is 1. The molecule has 0 aliphatic heterocycles. The number of methoxy groups -OCH3 is 1. The van der Waals surface area contributed by atoms with E-state index >= 15 is 0 Å². The Labute approximate surface area is 98.2 Å². The van der Waals surface area contributed by atoms with Gasteiger partial charge in [0.05, 0.1) is 7.11 Å². The van der Waals surface area contributed by atoms with Gasteiger partial charge < -0.3 is 9.30 Å². The van der Waals surface area contributed by atoms with Crippen LogP contribution in [-0.2, 0) is 4.74 Å². The van der Waals surface area contributed by atoms with E-state index in [0.717, 1.165) is 5.69 Å². The Balaban J connectivity index is 2.48. The van der Waals surface area contributed by atoms with Crippen molar-refractivity contribution < 1.29 is 9.53 Å². The summed E-state index contributed by atoms with van der Waals surface area (Å²) in [6.45, 7) is 0. The summed E-state index contributed by atoms with van der Waals surface area (Å²) in [6.07, 6.45) is 1.79. The third kappa shape index (κ3) is 1.95. The highest BCUT2D eigenvalue weighted by Gasteiger charge is 2.11. The van der Waals surface area contributed by atoms with Crippen molar-refractivity contribution in [2.75, 3.05) is 7.11 Å². The van der Waals surface area contributed by atoms with Crippen LogP contribution in [0.1, 0.15) is 10.5 Å². The summed E-state index contributed by atoms with van der Waals surface area (Å²) in [5.74, 6) is -0.370. The number of esters is 1. The summed E-state index contributed by atoms with van der Waals surface area (Å²) in [6, 6.07) is 10.8. The highest BCUT2D eigenvalue weighted by molar-refractivity contribution is 6.30. The highest BCUT2D eigenvalue weighted by Crippen LogP contribution is 2.17. The van der Waals surface area contributed by atoms with Crippen molar-refractivity contribution in [1.82, 2.24) is 4.57 Å². The van der Waals surface area contributed by atoms with Crippen LogP contribution in [0.2, 0.25) is 5.02 Å². The lowest BCUT2D eigenvalue weighted by Gasteiger charge is -2.07. The molecule has 1 aromatic carbocycles. The monoisotopic (exact) mass is 235 g/mol. The third-order valence-electron chi connectivity index (χ3n) is 2.23. The zero-order chi connectivity index (χ0) is 11.5. The van der Waals surface area contributed by atoms with Crippen LogP contribution in [0.15, 0.2) is 42.6 Å². The molecule has 0 atom stereocenters. The topological polar surface area (TPSA) is 31.2 Å². The van der Waals surface area contributed by atoms with E-state index in [1.807, 2.05) is 12.1 Å². The lowest BCUT2D eigenvalue weighted by Crippen LogP contribution is -2.08. The maximum Gasteiger partial charge on any atom is 0.355 e. The van der Waals surface area contributed by atoms with Gasteiger partial charge in [-0.1, -0.05) is 17.7 Å². The molecule has 0 aliphatic carbocycles. The van der Waals surface area contributed by atoms with E-state index in [9.17, 15) is 4.79 Å². The van der Waals surface area contributed by atoms with Crippen molar-refractivity contribution in [2.45, 2.75) is 0 Å². The first-order valence-corrected chi connectivity index (χ1v) is 5.12. The van der Waals surface area contributed by atoms with E-state index in [1.54, 1.807) is 35.0 Å².